The van der Waals surface area contributed by atoms with Gasteiger partial charge in [-0.1, -0.05) is 18.2 Å². The Labute approximate surface area is 165 Å². The van der Waals surface area contributed by atoms with Gasteiger partial charge in [0.05, 0.1) is 36.0 Å². The topological polar surface area (TPSA) is 63.2 Å². The van der Waals surface area contributed by atoms with Crippen LogP contribution in [0.25, 0.3) is 11.0 Å². The number of benzene rings is 1. The van der Waals surface area contributed by atoms with E-state index in [0.29, 0.717) is 35.9 Å². The van der Waals surface area contributed by atoms with Crippen molar-refractivity contribution in [3.05, 3.63) is 53.2 Å². The van der Waals surface area contributed by atoms with Crippen LogP contribution in [0.15, 0.2) is 30.5 Å². The highest BCUT2D eigenvalue weighted by Crippen LogP contribution is 2.27. The van der Waals surface area contributed by atoms with E-state index >= 15 is 0 Å². The van der Waals surface area contributed by atoms with Crippen LogP contribution in [-0.4, -0.2) is 41.3 Å². The molecule has 0 amide bonds. The van der Waals surface area contributed by atoms with E-state index in [2.05, 4.69) is 25.2 Å². The van der Waals surface area contributed by atoms with Gasteiger partial charge >= 0.3 is 0 Å². The van der Waals surface area contributed by atoms with Gasteiger partial charge in [-0.2, -0.15) is 0 Å². The Morgan fingerprint density at radius 3 is 2.76 bits per heavy atom. The van der Waals surface area contributed by atoms with Gasteiger partial charge in [-0.25, -0.2) is 28.1 Å². The Morgan fingerprint density at radius 1 is 1.21 bits per heavy atom. The minimum Gasteiger partial charge on any atom is -0.378 e. The van der Waals surface area contributed by atoms with E-state index in [1.165, 1.54) is 12.1 Å². The van der Waals surface area contributed by atoms with Crippen LogP contribution in [0.5, 0.6) is 0 Å². The van der Waals surface area contributed by atoms with Crippen LogP contribution in [0.4, 0.5) is 24.7 Å². The number of nitrogens with one attached hydrogen (secondary N) is 1. The lowest BCUT2D eigenvalue weighted by molar-refractivity contribution is 0.122. The number of anilines is 2. The zero-order valence-electron chi connectivity index (χ0n) is 15.8. The number of ether oxygens (including phenoxy) is 1. The fourth-order valence-corrected chi connectivity index (χ4v) is 3.32. The predicted molar refractivity (Wildman–Crippen MR) is 104 cm³/mol. The molecule has 0 bridgehead atoms. The van der Waals surface area contributed by atoms with Crippen LogP contribution in [0.1, 0.15) is 23.4 Å². The van der Waals surface area contributed by atoms with Gasteiger partial charge in [0.15, 0.2) is 5.65 Å². The van der Waals surface area contributed by atoms with Gasteiger partial charge in [-0.3, -0.25) is 0 Å². The number of hydrogen-bond acceptors (Lipinski definition) is 6. The fraction of sp³-hybridized carbons (Fsp3) is 0.350. The first-order chi connectivity index (χ1) is 14.0. The third kappa shape index (κ3) is 4.09. The molecule has 0 saturated carbocycles. The highest BCUT2D eigenvalue weighted by Gasteiger charge is 2.17. The monoisotopic (exact) mass is 403 g/mol. The first-order valence-corrected chi connectivity index (χ1v) is 9.29. The zero-order valence-corrected chi connectivity index (χ0v) is 15.8. The molecule has 1 aromatic carbocycles. The van der Waals surface area contributed by atoms with Crippen LogP contribution < -0.4 is 10.2 Å². The lowest BCUT2D eigenvalue weighted by Crippen LogP contribution is -2.36. The third-order valence-corrected chi connectivity index (χ3v) is 4.81. The summed E-state index contributed by atoms with van der Waals surface area (Å²) < 4.78 is 45.6. The van der Waals surface area contributed by atoms with Crippen LogP contribution in [0, 0.1) is 12.7 Å². The van der Waals surface area contributed by atoms with E-state index in [1.807, 2.05) is 6.07 Å². The smallest absolute Gasteiger partial charge is 0.266 e. The first-order valence-electron chi connectivity index (χ1n) is 9.29. The minimum atomic E-state index is -2.86. The Balaban J connectivity index is 1.65. The van der Waals surface area contributed by atoms with Crippen LogP contribution in [0.2, 0.25) is 0 Å². The van der Waals surface area contributed by atoms with E-state index in [4.69, 9.17) is 4.74 Å². The number of nitrogens with zero attached hydrogens (tertiary/aromatic N) is 4. The Bertz CT molecular complexity index is 1020. The van der Waals surface area contributed by atoms with Crippen molar-refractivity contribution in [2.45, 2.75) is 19.9 Å². The van der Waals surface area contributed by atoms with Crippen molar-refractivity contribution in [3.8, 4) is 0 Å². The largest absolute Gasteiger partial charge is 0.378 e. The molecule has 1 saturated heterocycles. The summed E-state index contributed by atoms with van der Waals surface area (Å²) >= 11 is 0. The molecule has 0 radical (unpaired) electrons. The SMILES string of the molecule is Cc1nc(NCc2cccc(C(F)F)c2F)c2cc(N3CCOCC3)cnc2n1. The molecule has 0 aliphatic carbocycles. The molecule has 4 rings (SSSR count). The predicted octanol–water partition coefficient (Wildman–Crippen LogP) is 3.86. The van der Waals surface area contributed by atoms with Crippen molar-refractivity contribution in [1.29, 1.82) is 0 Å². The Morgan fingerprint density at radius 2 is 2.00 bits per heavy atom. The molecular formula is C20H20F3N5O. The van der Waals surface area contributed by atoms with Gasteiger partial charge in [0, 0.05) is 25.2 Å². The molecule has 0 unspecified atom stereocenters. The second kappa shape index (κ2) is 8.20. The van der Waals surface area contributed by atoms with Crippen molar-refractivity contribution < 1.29 is 17.9 Å². The van der Waals surface area contributed by atoms with Crippen molar-refractivity contribution in [1.82, 2.24) is 15.0 Å². The van der Waals surface area contributed by atoms with E-state index < -0.39 is 17.8 Å². The standard InChI is InChI=1S/C20H20F3N5O/c1-12-26-19(24-10-13-3-2-4-15(17(13)21)18(22)23)16-9-14(11-25-20(16)27-12)28-5-7-29-8-6-28/h2-4,9,11,18H,5-8,10H2,1H3,(H,24,25,26,27). The second-order valence-corrected chi connectivity index (χ2v) is 6.76. The number of alkyl halides is 2. The normalized spacial score (nSPS) is 14.6. The molecule has 0 atom stereocenters. The molecule has 1 aliphatic heterocycles. The summed E-state index contributed by atoms with van der Waals surface area (Å²) in [6.45, 7) is 4.56. The zero-order chi connectivity index (χ0) is 20.4. The van der Waals surface area contributed by atoms with E-state index in [9.17, 15) is 13.2 Å². The molecular weight excluding hydrogens is 383 g/mol. The van der Waals surface area contributed by atoms with Gasteiger partial charge < -0.3 is 15.0 Å². The molecule has 1 aliphatic rings. The summed E-state index contributed by atoms with van der Waals surface area (Å²) in [4.78, 5) is 15.4. The molecule has 9 heteroatoms. The maximum Gasteiger partial charge on any atom is 0.266 e. The number of halogens is 3. The number of pyridine rings is 1. The number of aryl methyl sites for hydroxylation is 1. The van der Waals surface area contributed by atoms with Crippen molar-refractivity contribution >= 4 is 22.5 Å². The Hall–Kier alpha value is -2.94. The van der Waals surface area contributed by atoms with Crippen LogP contribution in [0.3, 0.4) is 0 Å². The van der Waals surface area contributed by atoms with Crippen molar-refractivity contribution in [2.75, 3.05) is 36.5 Å². The maximum atomic E-state index is 14.3. The van der Waals surface area contributed by atoms with Crippen molar-refractivity contribution in [3.63, 3.8) is 0 Å². The first kappa shape index (κ1) is 19.4. The summed E-state index contributed by atoms with van der Waals surface area (Å²) in [6, 6.07) is 5.92. The lowest BCUT2D eigenvalue weighted by Gasteiger charge is -2.28. The van der Waals surface area contributed by atoms with Crippen molar-refractivity contribution in [2.24, 2.45) is 0 Å². The quantitative estimate of drug-likeness (QED) is 0.698. The summed E-state index contributed by atoms with van der Waals surface area (Å²) in [5.74, 6) is 0.0857. The number of hydrogen-bond donors (Lipinski definition) is 1. The maximum absolute atomic E-state index is 14.3. The number of fused-ring (bicyclic) bond motifs is 1. The molecule has 0 spiro atoms. The second-order valence-electron chi connectivity index (χ2n) is 6.76. The highest BCUT2D eigenvalue weighted by molar-refractivity contribution is 5.89. The summed E-state index contributed by atoms with van der Waals surface area (Å²) in [7, 11) is 0. The molecule has 29 heavy (non-hydrogen) atoms. The number of aromatic nitrogens is 3. The van der Waals surface area contributed by atoms with E-state index in [-0.39, 0.29) is 12.1 Å². The number of rotatable bonds is 5. The van der Waals surface area contributed by atoms with Crippen LogP contribution >= 0.6 is 0 Å². The molecule has 3 aromatic rings. The average Bonchev–Trinajstić information content (AvgIpc) is 2.73. The highest BCUT2D eigenvalue weighted by atomic mass is 19.3. The summed E-state index contributed by atoms with van der Waals surface area (Å²) in [5.41, 5.74) is 0.967. The molecule has 2 aromatic heterocycles. The average molecular weight is 403 g/mol. The Kier molecular flexibility index (Phi) is 5.48. The van der Waals surface area contributed by atoms with Crippen LogP contribution in [-0.2, 0) is 11.3 Å². The third-order valence-electron chi connectivity index (χ3n) is 4.81. The molecule has 6 nitrogen and oxygen atoms in total. The molecule has 3 heterocycles. The summed E-state index contributed by atoms with van der Waals surface area (Å²) in [6.07, 6.45) is -1.10. The fourth-order valence-electron chi connectivity index (χ4n) is 3.32. The summed E-state index contributed by atoms with van der Waals surface area (Å²) in [5, 5.41) is 3.75. The van der Waals surface area contributed by atoms with Gasteiger partial charge in [0.25, 0.3) is 6.43 Å². The van der Waals surface area contributed by atoms with E-state index in [0.717, 1.165) is 24.8 Å². The van der Waals surface area contributed by atoms with Gasteiger partial charge in [-0.05, 0) is 13.0 Å². The van der Waals surface area contributed by atoms with Gasteiger partial charge in [-0.15, -0.1) is 0 Å². The minimum absolute atomic E-state index is 0.0136. The lowest BCUT2D eigenvalue weighted by atomic mass is 10.1. The number of morpholine rings is 1. The van der Waals surface area contributed by atoms with E-state index in [1.54, 1.807) is 13.1 Å². The molecule has 1 N–H and O–H groups in total. The van der Waals surface area contributed by atoms with Gasteiger partial charge in [0.2, 0.25) is 0 Å². The van der Waals surface area contributed by atoms with Gasteiger partial charge in [0.1, 0.15) is 17.5 Å². The molecule has 1 fully saturated rings. The molecule has 152 valence electrons.